The normalized spacial score (nSPS) is 12.1. The highest BCUT2D eigenvalue weighted by Crippen LogP contribution is 2.25. The highest BCUT2D eigenvalue weighted by Gasteiger charge is 2.13. The van der Waals surface area contributed by atoms with Crippen LogP contribution in [-0.2, 0) is 11.2 Å². The molecular formula is C17H18O2. The van der Waals surface area contributed by atoms with E-state index in [2.05, 4.69) is 25.1 Å². The van der Waals surface area contributed by atoms with Crippen molar-refractivity contribution in [2.24, 2.45) is 0 Å². The molecule has 1 unspecified atom stereocenters. The third-order valence-electron chi connectivity index (χ3n) is 3.43. The van der Waals surface area contributed by atoms with Gasteiger partial charge in [-0.05, 0) is 35.6 Å². The number of hydrogen-bond acceptors (Lipinski definition) is 1. The van der Waals surface area contributed by atoms with Crippen LogP contribution in [-0.4, -0.2) is 11.1 Å². The molecule has 0 fully saturated rings. The second-order valence-electron chi connectivity index (χ2n) is 4.74. The van der Waals surface area contributed by atoms with Gasteiger partial charge in [-0.2, -0.15) is 0 Å². The van der Waals surface area contributed by atoms with Gasteiger partial charge in [0.15, 0.2) is 0 Å². The Morgan fingerprint density at radius 1 is 1.11 bits per heavy atom. The van der Waals surface area contributed by atoms with Crippen molar-refractivity contribution in [3.05, 3.63) is 59.7 Å². The van der Waals surface area contributed by atoms with Crippen molar-refractivity contribution in [2.45, 2.75) is 26.2 Å². The van der Waals surface area contributed by atoms with Gasteiger partial charge in [0.1, 0.15) is 0 Å². The number of carbonyl (C=O) groups is 1. The van der Waals surface area contributed by atoms with E-state index in [0.717, 1.165) is 23.1 Å². The molecule has 0 radical (unpaired) electrons. The quantitative estimate of drug-likeness (QED) is 0.891. The van der Waals surface area contributed by atoms with E-state index >= 15 is 0 Å². The van der Waals surface area contributed by atoms with Crippen molar-refractivity contribution in [3.63, 3.8) is 0 Å². The Bertz CT molecular complexity index is 587. The SMILES string of the molecule is CCc1cccc(-c2cccc(C(C)C(=O)O)c2)c1. The Labute approximate surface area is 113 Å². The molecule has 2 rings (SSSR count). The molecule has 0 aromatic heterocycles. The third-order valence-corrected chi connectivity index (χ3v) is 3.43. The molecule has 0 spiro atoms. The van der Waals surface area contributed by atoms with E-state index in [-0.39, 0.29) is 0 Å². The lowest BCUT2D eigenvalue weighted by Crippen LogP contribution is -2.07. The molecule has 1 atom stereocenters. The van der Waals surface area contributed by atoms with Crippen molar-refractivity contribution in [2.75, 3.05) is 0 Å². The van der Waals surface area contributed by atoms with Crippen LogP contribution in [0.3, 0.4) is 0 Å². The van der Waals surface area contributed by atoms with E-state index in [9.17, 15) is 4.79 Å². The van der Waals surface area contributed by atoms with Gasteiger partial charge in [-0.15, -0.1) is 0 Å². The Balaban J connectivity index is 2.40. The lowest BCUT2D eigenvalue weighted by Gasteiger charge is -2.10. The average Bonchev–Trinajstić information content (AvgIpc) is 2.46. The summed E-state index contributed by atoms with van der Waals surface area (Å²) >= 11 is 0. The minimum absolute atomic E-state index is 0.477. The van der Waals surface area contributed by atoms with E-state index in [1.807, 2.05) is 30.3 Å². The predicted molar refractivity (Wildman–Crippen MR) is 77.3 cm³/mol. The zero-order chi connectivity index (χ0) is 13.8. The smallest absolute Gasteiger partial charge is 0.310 e. The van der Waals surface area contributed by atoms with Crippen LogP contribution in [0.5, 0.6) is 0 Å². The number of aliphatic carboxylic acids is 1. The lowest BCUT2D eigenvalue weighted by atomic mass is 9.95. The Morgan fingerprint density at radius 2 is 1.74 bits per heavy atom. The summed E-state index contributed by atoms with van der Waals surface area (Å²) in [6.07, 6.45) is 0.999. The van der Waals surface area contributed by atoms with Crippen LogP contribution in [0, 0.1) is 0 Å². The molecule has 0 amide bonds. The number of carboxylic acid groups (broad SMARTS) is 1. The van der Waals surface area contributed by atoms with E-state index in [1.165, 1.54) is 5.56 Å². The van der Waals surface area contributed by atoms with Crippen molar-refractivity contribution in [3.8, 4) is 11.1 Å². The van der Waals surface area contributed by atoms with Crippen molar-refractivity contribution in [1.82, 2.24) is 0 Å². The first-order chi connectivity index (χ1) is 9.11. The standard InChI is InChI=1S/C17H18O2/c1-3-13-6-4-8-15(10-13)16-9-5-7-14(11-16)12(2)17(18)19/h4-12H,3H2,1-2H3,(H,18,19). The molecule has 2 aromatic carbocycles. The summed E-state index contributed by atoms with van der Waals surface area (Å²) in [4.78, 5) is 11.0. The second kappa shape index (κ2) is 5.70. The van der Waals surface area contributed by atoms with Crippen LogP contribution in [0.4, 0.5) is 0 Å². The number of hydrogen-bond donors (Lipinski definition) is 1. The second-order valence-corrected chi connectivity index (χ2v) is 4.74. The van der Waals surface area contributed by atoms with Gasteiger partial charge in [0, 0.05) is 0 Å². The topological polar surface area (TPSA) is 37.3 Å². The first-order valence-electron chi connectivity index (χ1n) is 6.54. The van der Waals surface area contributed by atoms with Gasteiger partial charge in [0.2, 0.25) is 0 Å². The van der Waals surface area contributed by atoms with Crippen molar-refractivity contribution < 1.29 is 9.90 Å². The lowest BCUT2D eigenvalue weighted by molar-refractivity contribution is -0.138. The summed E-state index contributed by atoms with van der Waals surface area (Å²) in [6, 6.07) is 16.1. The van der Waals surface area contributed by atoms with Crippen LogP contribution in [0.2, 0.25) is 0 Å². The summed E-state index contributed by atoms with van der Waals surface area (Å²) < 4.78 is 0. The zero-order valence-corrected chi connectivity index (χ0v) is 11.3. The van der Waals surface area contributed by atoms with E-state index in [4.69, 9.17) is 5.11 Å². The molecule has 1 N–H and O–H groups in total. The molecule has 98 valence electrons. The first kappa shape index (κ1) is 13.3. The highest BCUT2D eigenvalue weighted by atomic mass is 16.4. The fourth-order valence-electron chi connectivity index (χ4n) is 2.10. The van der Waals surface area contributed by atoms with Crippen LogP contribution < -0.4 is 0 Å². The zero-order valence-electron chi connectivity index (χ0n) is 11.3. The Kier molecular flexibility index (Phi) is 4.00. The molecule has 0 aliphatic rings. The van der Waals surface area contributed by atoms with Gasteiger partial charge in [-0.1, -0.05) is 55.5 Å². The predicted octanol–water partition coefficient (Wildman–Crippen LogP) is 4.10. The average molecular weight is 254 g/mol. The molecule has 2 nitrogen and oxygen atoms in total. The maximum atomic E-state index is 11.0. The summed E-state index contributed by atoms with van der Waals surface area (Å²) in [5, 5.41) is 9.08. The minimum Gasteiger partial charge on any atom is -0.481 e. The Hall–Kier alpha value is -2.09. The van der Waals surface area contributed by atoms with E-state index in [0.29, 0.717) is 0 Å². The molecular weight excluding hydrogens is 236 g/mol. The van der Waals surface area contributed by atoms with E-state index < -0.39 is 11.9 Å². The summed E-state index contributed by atoms with van der Waals surface area (Å²) in [5.74, 6) is -1.27. The van der Waals surface area contributed by atoms with Crippen LogP contribution in [0.15, 0.2) is 48.5 Å². The van der Waals surface area contributed by atoms with Gasteiger partial charge >= 0.3 is 5.97 Å². The fourth-order valence-corrected chi connectivity index (χ4v) is 2.10. The van der Waals surface area contributed by atoms with Gasteiger partial charge in [0.25, 0.3) is 0 Å². The molecule has 2 heteroatoms. The van der Waals surface area contributed by atoms with Gasteiger partial charge in [-0.25, -0.2) is 0 Å². The summed E-state index contributed by atoms with van der Waals surface area (Å²) in [5.41, 5.74) is 4.33. The van der Waals surface area contributed by atoms with Crippen molar-refractivity contribution >= 4 is 5.97 Å². The van der Waals surface area contributed by atoms with Crippen LogP contribution >= 0.6 is 0 Å². The van der Waals surface area contributed by atoms with Gasteiger partial charge in [0.05, 0.1) is 5.92 Å². The fraction of sp³-hybridized carbons (Fsp3) is 0.235. The number of rotatable bonds is 4. The Morgan fingerprint density at radius 3 is 2.37 bits per heavy atom. The largest absolute Gasteiger partial charge is 0.481 e. The maximum absolute atomic E-state index is 11.0. The molecule has 2 aromatic rings. The monoisotopic (exact) mass is 254 g/mol. The van der Waals surface area contributed by atoms with E-state index in [1.54, 1.807) is 6.92 Å². The van der Waals surface area contributed by atoms with Gasteiger partial charge < -0.3 is 5.11 Å². The van der Waals surface area contributed by atoms with Crippen LogP contribution in [0.25, 0.3) is 11.1 Å². The molecule has 0 saturated carbocycles. The number of aryl methyl sites for hydroxylation is 1. The maximum Gasteiger partial charge on any atom is 0.310 e. The molecule has 0 aliphatic carbocycles. The summed E-state index contributed by atoms with van der Waals surface area (Å²) in [6.45, 7) is 3.84. The minimum atomic E-state index is -0.792. The number of benzene rings is 2. The van der Waals surface area contributed by atoms with Crippen molar-refractivity contribution in [1.29, 1.82) is 0 Å². The molecule has 0 heterocycles. The summed E-state index contributed by atoms with van der Waals surface area (Å²) in [7, 11) is 0. The molecule has 0 aliphatic heterocycles. The molecule has 0 saturated heterocycles. The first-order valence-corrected chi connectivity index (χ1v) is 6.54. The van der Waals surface area contributed by atoms with Crippen LogP contribution in [0.1, 0.15) is 30.9 Å². The highest BCUT2D eigenvalue weighted by molar-refractivity contribution is 5.76. The molecule has 0 bridgehead atoms. The van der Waals surface area contributed by atoms with Gasteiger partial charge in [-0.3, -0.25) is 4.79 Å². The number of carboxylic acids is 1. The molecule has 19 heavy (non-hydrogen) atoms. The third kappa shape index (κ3) is 3.02.